The van der Waals surface area contributed by atoms with Gasteiger partial charge in [0.2, 0.25) is 11.1 Å². The van der Waals surface area contributed by atoms with Crippen LogP contribution in [0.15, 0.2) is 30.5 Å². The zero-order valence-electron chi connectivity index (χ0n) is 10.6. The maximum Gasteiger partial charge on any atom is 0.329 e. The van der Waals surface area contributed by atoms with Crippen molar-refractivity contribution in [2.24, 2.45) is 0 Å². The highest BCUT2D eigenvalue weighted by atomic mass is 128. The minimum atomic E-state index is -0.584. The van der Waals surface area contributed by atoms with Crippen molar-refractivity contribution in [1.82, 2.24) is 9.97 Å². The third-order valence-electron chi connectivity index (χ3n) is 2.27. The lowest BCUT2D eigenvalue weighted by Crippen LogP contribution is -2.01. The van der Waals surface area contributed by atoms with Gasteiger partial charge in [0.05, 0.1) is 12.0 Å². The summed E-state index contributed by atoms with van der Waals surface area (Å²) in [5, 5.41) is 13.6. The first-order valence-corrected chi connectivity index (χ1v) is 12.0. The molecule has 21 heavy (non-hydrogen) atoms. The SMILES string of the molecule is COc1cccc(Nc2nc(Cl)ncc2[N+](=O)[O-])c1.II. The summed E-state index contributed by atoms with van der Waals surface area (Å²) in [6.07, 6.45) is 1.05. The number of benzene rings is 1. The van der Waals surface area contributed by atoms with Gasteiger partial charge in [0, 0.05) is 49.0 Å². The zero-order valence-corrected chi connectivity index (χ0v) is 15.7. The Morgan fingerprint density at radius 2 is 2.14 bits per heavy atom. The van der Waals surface area contributed by atoms with Crippen LogP contribution in [0, 0.1) is 10.1 Å². The van der Waals surface area contributed by atoms with Crippen LogP contribution in [0.4, 0.5) is 17.2 Å². The first-order chi connectivity index (χ1) is 10.1. The summed E-state index contributed by atoms with van der Waals surface area (Å²) in [7, 11) is 1.53. The van der Waals surface area contributed by atoms with Crippen molar-refractivity contribution in [3.63, 3.8) is 0 Å². The van der Waals surface area contributed by atoms with Crippen LogP contribution in [0.1, 0.15) is 0 Å². The van der Waals surface area contributed by atoms with Crippen LogP contribution in [0.3, 0.4) is 0 Å². The Kier molecular flexibility index (Phi) is 7.88. The fourth-order valence-corrected chi connectivity index (χ4v) is 1.55. The standard InChI is InChI=1S/C11H9ClN4O3.I2/c1-19-8-4-2-3-7(5-8)14-10-9(16(17)18)6-13-11(12)15-10;1-2/h2-6H,1H3,(H,13,14,15);. The van der Waals surface area contributed by atoms with Crippen molar-refractivity contribution in [2.45, 2.75) is 0 Å². The molecule has 0 aliphatic rings. The third kappa shape index (κ3) is 5.39. The average Bonchev–Trinajstić information content (AvgIpc) is 2.49. The maximum atomic E-state index is 10.9. The predicted molar refractivity (Wildman–Crippen MR) is 98.0 cm³/mol. The topological polar surface area (TPSA) is 90.2 Å². The molecule has 0 bridgehead atoms. The molecule has 10 heteroatoms. The predicted octanol–water partition coefficient (Wildman–Crippen LogP) is 4.56. The highest BCUT2D eigenvalue weighted by molar-refractivity contribution is 15.0. The van der Waals surface area contributed by atoms with E-state index in [-0.39, 0.29) is 16.8 Å². The van der Waals surface area contributed by atoms with Crippen LogP contribution >= 0.6 is 48.8 Å². The van der Waals surface area contributed by atoms with Gasteiger partial charge in [-0.25, -0.2) is 4.98 Å². The monoisotopic (exact) mass is 534 g/mol. The number of nitrogens with one attached hydrogen (secondary N) is 1. The van der Waals surface area contributed by atoms with Crippen LogP contribution in [0.2, 0.25) is 5.28 Å². The van der Waals surface area contributed by atoms with Gasteiger partial charge in [-0.1, -0.05) is 6.07 Å². The molecule has 2 aromatic rings. The Hall–Kier alpha value is -0.950. The molecule has 0 fully saturated rings. The van der Waals surface area contributed by atoms with E-state index in [0.29, 0.717) is 11.4 Å². The number of halogens is 3. The number of methoxy groups -OCH3 is 1. The lowest BCUT2D eigenvalue weighted by atomic mass is 10.3. The van der Waals surface area contributed by atoms with Crippen molar-refractivity contribution in [3.05, 3.63) is 45.9 Å². The molecule has 0 amide bonds. The molecule has 1 aromatic heterocycles. The lowest BCUT2D eigenvalue weighted by molar-refractivity contribution is -0.384. The minimum Gasteiger partial charge on any atom is -0.497 e. The summed E-state index contributed by atoms with van der Waals surface area (Å²) in [6.45, 7) is 0. The van der Waals surface area contributed by atoms with E-state index in [1.165, 1.54) is 7.11 Å². The molecule has 0 atom stereocenters. The second-order valence-electron chi connectivity index (χ2n) is 3.49. The smallest absolute Gasteiger partial charge is 0.329 e. The molecular formula is C11H9ClI2N4O3. The van der Waals surface area contributed by atoms with Crippen LogP contribution in [0.5, 0.6) is 5.75 Å². The minimum absolute atomic E-state index is 0.0262. The van der Waals surface area contributed by atoms with Crippen molar-refractivity contribution in [2.75, 3.05) is 12.4 Å². The molecule has 0 saturated carbocycles. The molecule has 0 unspecified atom stereocenters. The van der Waals surface area contributed by atoms with Gasteiger partial charge in [-0.3, -0.25) is 10.1 Å². The molecule has 7 nitrogen and oxygen atoms in total. The molecule has 2 rings (SSSR count). The molecule has 0 radical (unpaired) electrons. The molecular weight excluding hydrogens is 525 g/mol. The number of anilines is 2. The zero-order chi connectivity index (χ0) is 15.8. The van der Waals surface area contributed by atoms with Crippen molar-refractivity contribution in [3.8, 4) is 5.75 Å². The molecule has 0 saturated heterocycles. The number of nitrogens with zero attached hydrogens (tertiary/aromatic N) is 3. The second kappa shape index (κ2) is 9.15. The molecule has 0 aliphatic heterocycles. The third-order valence-corrected chi connectivity index (χ3v) is 2.45. The summed E-state index contributed by atoms with van der Waals surface area (Å²) >= 11 is 9.88. The van der Waals surface area contributed by atoms with Gasteiger partial charge < -0.3 is 10.1 Å². The first-order valence-electron chi connectivity index (χ1n) is 5.32. The van der Waals surface area contributed by atoms with Crippen LogP contribution in [-0.2, 0) is 0 Å². The molecule has 0 spiro atoms. The van der Waals surface area contributed by atoms with Crippen molar-refractivity contribution in [1.29, 1.82) is 0 Å². The Morgan fingerprint density at radius 3 is 2.76 bits per heavy atom. The van der Waals surface area contributed by atoms with Crippen molar-refractivity contribution < 1.29 is 9.66 Å². The van der Waals surface area contributed by atoms with Crippen LogP contribution < -0.4 is 10.1 Å². The highest BCUT2D eigenvalue weighted by Gasteiger charge is 2.17. The number of hydrogen-bond acceptors (Lipinski definition) is 6. The van der Waals surface area contributed by atoms with E-state index in [0.717, 1.165) is 6.20 Å². The fourth-order valence-electron chi connectivity index (χ4n) is 1.42. The number of nitro groups is 1. The Bertz CT molecular complexity index is 630. The highest BCUT2D eigenvalue weighted by Crippen LogP contribution is 2.27. The van der Waals surface area contributed by atoms with Crippen LogP contribution in [0.25, 0.3) is 0 Å². The van der Waals surface area contributed by atoms with Gasteiger partial charge in [0.15, 0.2) is 0 Å². The van der Waals surface area contributed by atoms with Gasteiger partial charge in [-0.15, -0.1) is 0 Å². The summed E-state index contributed by atoms with van der Waals surface area (Å²) < 4.78 is 5.06. The van der Waals surface area contributed by atoms with Gasteiger partial charge in [-0.05, 0) is 23.7 Å². The summed E-state index contributed by atoms with van der Waals surface area (Å²) in [6, 6.07) is 6.91. The molecule has 0 aliphatic carbocycles. The lowest BCUT2D eigenvalue weighted by Gasteiger charge is -2.07. The summed E-state index contributed by atoms with van der Waals surface area (Å²) in [5.41, 5.74) is 0.337. The second-order valence-corrected chi connectivity index (χ2v) is 3.83. The quantitative estimate of drug-likeness (QED) is 0.268. The largest absolute Gasteiger partial charge is 0.497 e. The van der Waals surface area contributed by atoms with E-state index in [9.17, 15) is 10.1 Å². The Balaban J connectivity index is 0.00000106. The van der Waals surface area contributed by atoms with Crippen molar-refractivity contribution >= 4 is 66.0 Å². The first kappa shape index (κ1) is 18.1. The fraction of sp³-hybridized carbons (Fsp3) is 0.0909. The van der Waals surface area contributed by atoms with E-state index in [2.05, 4.69) is 52.5 Å². The molecule has 112 valence electrons. The molecule has 1 N–H and O–H groups in total. The normalized spacial score (nSPS) is 9.33. The summed E-state index contributed by atoms with van der Waals surface area (Å²) in [5.74, 6) is 0.644. The summed E-state index contributed by atoms with van der Waals surface area (Å²) in [4.78, 5) is 17.7. The Morgan fingerprint density at radius 1 is 1.43 bits per heavy atom. The van der Waals surface area contributed by atoms with E-state index in [1.807, 2.05) is 0 Å². The number of hydrogen-bond donors (Lipinski definition) is 1. The number of ether oxygens (including phenoxy) is 1. The molecule has 1 heterocycles. The van der Waals surface area contributed by atoms with E-state index in [1.54, 1.807) is 24.3 Å². The number of rotatable bonds is 4. The van der Waals surface area contributed by atoms with E-state index < -0.39 is 4.92 Å². The van der Waals surface area contributed by atoms with Gasteiger partial charge in [0.25, 0.3) is 0 Å². The van der Waals surface area contributed by atoms with Gasteiger partial charge >= 0.3 is 5.69 Å². The Labute approximate surface area is 148 Å². The maximum absolute atomic E-state index is 10.9. The van der Waals surface area contributed by atoms with Crippen LogP contribution in [-0.4, -0.2) is 22.0 Å². The van der Waals surface area contributed by atoms with E-state index >= 15 is 0 Å². The van der Waals surface area contributed by atoms with Gasteiger partial charge in [-0.2, -0.15) is 4.98 Å². The average molecular weight is 534 g/mol. The molecule has 1 aromatic carbocycles. The number of aromatic nitrogens is 2. The van der Waals surface area contributed by atoms with E-state index in [4.69, 9.17) is 16.3 Å². The van der Waals surface area contributed by atoms with Gasteiger partial charge in [0.1, 0.15) is 11.9 Å².